The molecule has 0 unspecified atom stereocenters. The zero-order valence-corrected chi connectivity index (χ0v) is 13.5. The molecule has 0 aliphatic carbocycles. The fourth-order valence-corrected chi connectivity index (χ4v) is 2.05. The highest BCUT2D eigenvalue weighted by Gasteiger charge is 2.10. The average Bonchev–Trinajstić information content (AvgIpc) is 2.38. The van der Waals surface area contributed by atoms with Crippen molar-refractivity contribution in [2.45, 2.75) is 46.4 Å². The minimum absolute atomic E-state index is 0.553. The van der Waals surface area contributed by atoms with Crippen LogP contribution in [0.15, 0.2) is 18.3 Å². The van der Waals surface area contributed by atoms with E-state index in [4.69, 9.17) is 11.6 Å². The van der Waals surface area contributed by atoms with Gasteiger partial charge >= 0.3 is 0 Å². The van der Waals surface area contributed by atoms with Gasteiger partial charge in [0.2, 0.25) is 0 Å². The van der Waals surface area contributed by atoms with Gasteiger partial charge < -0.3 is 4.90 Å². The van der Waals surface area contributed by atoms with Crippen LogP contribution in [0, 0.1) is 11.8 Å². The van der Waals surface area contributed by atoms with Gasteiger partial charge in [-0.25, -0.2) is 4.98 Å². The van der Waals surface area contributed by atoms with Gasteiger partial charge in [0, 0.05) is 25.2 Å². The third-order valence-corrected chi connectivity index (χ3v) is 3.55. The number of nitrogens with zero attached hydrogens (tertiary/aromatic N) is 2. The largest absolute Gasteiger partial charge is 0.357 e. The van der Waals surface area contributed by atoms with Gasteiger partial charge in [0.15, 0.2) is 0 Å². The van der Waals surface area contributed by atoms with Crippen LogP contribution < -0.4 is 4.90 Å². The summed E-state index contributed by atoms with van der Waals surface area (Å²) in [6.07, 6.45) is 4.26. The molecule has 1 aromatic heterocycles. The highest BCUT2D eigenvalue weighted by atomic mass is 35.5. The van der Waals surface area contributed by atoms with Crippen LogP contribution in [-0.2, 0) is 5.88 Å². The van der Waals surface area contributed by atoms with E-state index >= 15 is 0 Å². The van der Waals surface area contributed by atoms with Crippen molar-refractivity contribution in [3.05, 3.63) is 23.9 Å². The van der Waals surface area contributed by atoms with E-state index in [2.05, 4.69) is 43.6 Å². The summed E-state index contributed by atoms with van der Waals surface area (Å²) in [5.41, 5.74) is 1.14. The zero-order chi connectivity index (χ0) is 14.3. The molecule has 0 N–H and O–H groups in total. The Bertz CT molecular complexity index is 352. The van der Waals surface area contributed by atoms with E-state index in [0.717, 1.165) is 36.3 Å². The summed E-state index contributed by atoms with van der Waals surface area (Å²) in [5.74, 6) is 3.06. The van der Waals surface area contributed by atoms with E-state index in [1.807, 2.05) is 12.3 Å². The van der Waals surface area contributed by atoms with E-state index in [-0.39, 0.29) is 0 Å². The average molecular weight is 283 g/mol. The number of hydrogen-bond donors (Lipinski definition) is 0. The second kappa shape index (κ2) is 8.42. The summed E-state index contributed by atoms with van der Waals surface area (Å²) in [4.78, 5) is 6.91. The fraction of sp³-hybridized carbons (Fsp3) is 0.688. The molecule has 0 aromatic carbocycles. The topological polar surface area (TPSA) is 16.1 Å². The Balaban J connectivity index is 2.74. The Hall–Kier alpha value is -0.760. The number of alkyl halides is 1. The lowest BCUT2D eigenvalue weighted by molar-refractivity contribution is 0.533. The molecular weight excluding hydrogens is 256 g/mol. The predicted molar refractivity (Wildman–Crippen MR) is 84.9 cm³/mol. The van der Waals surface area contributed by atoms with Crippen molar-refractivity contribution in [2.24, 2.45) is 11.8 Å². The maximum Gasteiger partial charge on any atom is 0.128 e. The lowest BCUT2D eigenvalue weighted by Gasteiger charge is -2.25. The Morgan fingerprint density at radius 2 is 1.68 bits per heavy atom. The van der Waals surface area contributed by atoms with E-state index in [9.17, 15) is 0 Å². The van der Waals surface area contributed by atoms with Crippen LogP contribution in [0.1, 0.15) is 46.1 Å². The zero-order valence-electron chi connectivity index (χ0n) is 12.7. The van der Waals surface area contributed by atoms with Crippen molar-refractivity contribution in [1.29, 1.82) is 0 Å². The van der Waals surface area contributed by atoms with E-state index in [1.54, 1.807) is 0 Å². The molecule has 0 amide bonds. The van der Waals surface area contributed by atoms with Crippen LogP contribution in [0.4, 0.5) is 5.82 Å². The monoisotopic (exact) mass is 282 g/mol. The van der Waals surface area contributed by atoms with E-state index in [0.29, 0.717) is 5.88 Å². The lowest BCUT2D eigenvalue weighted by Crippen LogP contribution is -2.28. The van der Waals surface area contributed by atoms with Gasteiger partial charge in [-0.2, -0.15) is 0 Å². The van der Waals surface area contributed by atoms with Crippen molar-refractivity contribution in [3.8, 4) is 0 Å². The number of pyridine rings is 1. The Kier molecular flexibility index (Phi) is 7.22. The first-order valence-corrected chi connectivity index (χ1v) is 7.82. The highest BCUT2D eigenvalue weighted by Crippen LogP contribution is 2.17. The molecule has 1 heterocycles. The summed E-state index contributed by atoms with van der Waals surface area (Å²) in [7, 11) is 0. The van der Waals surface area contributed by atoms with Gasteiger partial charge in [-0.15, -0.1) is 11.6 Å². The molecule has 0 radical (unpaired) electrons. The minimum Gasteiger partial charge on any atom is -0.357 e. The first-order valence-electron chi connectivity index (χ1n) is 7.28. The molecule has 19 heavy (non-hydrogen) atoms. The molecular formula is C16H27ClN2. The minimum atomic E-state index is 0.553. The van der Waals surface area contributed by atoms with Crippen LogP contribution in [0.25, 0.3) is 0 Å². The molecule has 0 aliphatic rings. The van der Waals surface area contributed by atoms with Crippen molar-refractivity contribution >= 4 is 17.4 Å². The third kappa shape index (κ3) is 6.29. The first-order chi connectivity index (χ1) is 9.02. The van der Waals surface area contributed by atoms with Gasteiger partial charge in [-0.1, -0.05) is 27.7 Å². The van der Waals surface area contributed by atoms with Gasteiger partial charge in [0.1, 0.15) is 5.82 Å². The molecule has 0 aliphatic heterocycles. The smallest absolute Gasteiger partial charge is 0.128 e. The molecule has 0 bridgehead atoms. The van der Waals surface area contributed by atoms with Crippen LogP contribution in [-0.4, -0.2) is 18.1 Å². The van der Waals surface area contributed by atoms with E-state index in [1.165, 1.54) is 12.8 Å². The maximum absolute atomic E-state index is 5.91. The molecule has 0 spiro atoms. The molecule has 2 nitrogen and oxygen atoms in total. The summed E-state index contributed by atoms with van der Waals surface area (Å²) >= 11 is 5.91. The summed E-state index contributed by atoms with van der Waals surface area (Å²) in [6, 6.07) is 4.10. The van der Waals surface area contributed by atoms with Crippen LogP contribution >= 0.6 is 11.6 Å². The summed E-state index contributed by atoms with van der Waals surface area (Å²) in [5, 5.41) is 0. The van der Waals surface area contributed by atoms with Crippen molar-refractivity contribution < 1.29 is 0 Å². The summed E-state index contributed by atoms with van der Waals surface area (Å²) < 4.78 is 0. The predicted octanol–water partition coefficient (Wildman–Crippen LogP) is 4.72. The van der Waals surface area contributed by atoms with Gasteiger partial charge in [-0.05, 0) is 42.4 Å². The van der Waals surface area contributed by atoms with Gasteiger partial charge in [0.25, 0.3) is 0 Å². The van der Waals surface area contributed by atoms with Crippen molar-refractivity contribution in [3.63, 3.8) is 0 Å². The Morgan fingerprint density at radius 1 is 1.11 bits per heavy atom. The number of rotatable bonds is 8. The molecule has 0 fully saturated rings. The number of halogens is 1. The fourth-order valence-electron chi connectivity index (χ4n) is 1.89. The second-order valence-corrected chi connectivity index (χ2v) is 6.28. The quantitative estimate of drug-likeness (QED) is 0.642. The second-order valence-electron chi connectivity index (χ2n) is 6.01. The molecule has 108 valence electrons. The normalized spacial score (nSPS) is 11.3. The molecule has 1 rings (SSSR count). The lowest BCUT2D eigenvalue weighted by atomic mass is 10.1. The molecule has 0 saturated carbocycles. The maximum atomic E-state index is 5.91. The van der Waals surface area contributed by atoms with Crippen LogP contribution in [0.5, 0.6) is 0 Å². The Labute approximate surface area is 123 Å². The summed E-state index contributed by atoms with van der Waals surface area (Å²) in [6.45, 7) is 11.2. The van der Waals surface area contributed by atoms with Crippen molar-refractivity contribution in [2.75, 3.05) is 18.0 Å². The Morgan fingerprint density at radius 3 is 2.16 bits per heavy atom. The van der Waals surface area contributed by atoms with Crippen LogP contribution in [0.2, 0.25) is 0 Å². The molecule has 0 saturated heterocycles. The molecule has 0 atom stereocenters. The molecule has 1 aromatic rings. The highest BCUT2D eigenvalue weighted by molar-refractivity contribution is 6.17. The number of anilines is 1. The standard InChI is InChI=1S/C16H27ClN2/c1-13(2)6-9-19(10-7-14(3)4)16-11-15(12-17)5-8-18-16/h5,8,11,13-14H,6-7,9-10,12H2,1-4H3. The van der Waals surface area contributed by atoms with Crippen LogP contribution in [0.3, 0.4) is 0 Å². The number of hydrogen-bond acceptors (Lipinski definition) is 2. The molecule has 3 heteroatoms. The first kappa shape index (κ1) is 16.3. The van der Waals surface area contributed by atoms with E-state index < -0.39 is 0 Å². The number of aromatic nitrogens is 1. The van der Waals surface area contributed by atoms with Crippen molar-refractivity contribution in [1.82, 2.24) is 4.98 Å². The SMILES string of the molecule is CC(C)CCN(CCC(C)C)c1cc(CCl)ccn1. The van der Waals surface area contributed by atoms with Gasteiger partial charge in [0.05, 0.1) is 0 Å². The third-order valence-electron chi connectivity index (χ3n) is 3.24. The van der Waals surface area contributed by atoms with Gasteiger partial charge in [-0.3, -0.25) is 0 Å².